The molecule has 0 fully saturated rings. The summed E-state index contributed by atoms with van der Waals surface area (Å²) in [5.74, 6) is -1.16. The summed E-state index contributed by atoms with van der Waals surface area (Å²) >= 11 is 0. The van der Waals surface area contributed by atoms with E-state index in [1.807, 2.05) is 6.07 Å². The Kier molecular flexibility index (Phi) is 7.39. The summed E-state index contributed by atoms with van der Waals surface area (Å²) in [6.07, 6.45) is 0. The standard InChI is InChI=1S/C19H23O6P/c1-4-23-26(21,24-5-2)19(16-9-7-6-8-10-16)25-18(20)15-11-13-17(22-3)14-12-15/h6-14,19H,4-5H2,1-3H3. The molecule has 0 aliphatic rings. The van der Waals surface area contributed by atoms with Crippen LogP contribution in [0.1, 0.15) is 35.6 Å². The van der Waals surface area contributed by atoms with Crippen LogP contribution in [0.15, 0.2) is 54.6 Å². The van der Waals surface area contributed by atoms with Crippen molar-refractivity contribution in [2.24, 2.45) is 0 Å². The first-order chi connectivity index (χ1) is 12.5. The van der Waals surface area contributed by atoms with Crippen LogP contribution in [0.5, 0.6) is 5.75 Å². The van der Waals surface area contributed by atoms with E-state index in [4.69, 9.17) is 18.5 Å². The average Bonchev–Trinajstić information content (AvgIpc) is 2.67. The number of methoxy groups -OCH3 is 1. The minimum absolute atomic E-state index is 0.167. The van der Waals surface area contributed by atoms with Crippen molar-refractivity contribution < 1.29 is 27.9 Å². The van der Waals surface area contributed by atoms with Gasteiger partial charge in [0.25, 0.3) is 0 Å². The van der Waals surface area contributed by atoms with Crippen LogP contribution in [-0.4, -0.2) is 26.3 Å². The van der Waals surface area contributed by atoms with Crippen LogP contribution in [0.4, 0.5) is 0 Å². The lowest BCUT2D eigenvalue weighted by Crippen LogP contribution is -2.15. The van der Waals surface area contributed by atoms with E-state index in [9.17, 15) is 9.36 Å². The molecule has 140 valence electrons. The molecular formula is C19H23O6P. The third-order valence-corrected chi connectivity index (χ3v) is 5.75. The van der Waals surface area contributed by atoms with Gasteiger partial charge in [-0.25, -0.2) is 4.79 Å². The van der Waals surface area contributed by atoms with Crippen LogP contribution in [0, 0.1) is 0 Å². The molecular weight excluding hydrogens is 355 g/mol. The van der Waals surface area contributed by atoms with Crippen LogP contribution < -0.4 is 4.74 Å². The molecule has 0 aliphatic carbocycles. The highest BCUT2D eigenvalue weighted by Crippen LogP contribution is 2.61. The van der Waals surface area contributed by atoms with E-state index >= 15 is 0 Å². The first kappa shape index (κ1) is 20.2. The minimum Gasteiger partial charge on any atom is -0.497 e. The van der Waals surface area contributed by atoms with Gasteiger partial charge in [-0.05, 0) is 38.1 Å². The second-order valence-electron chi connectivity index (χ2n) is 5.27. The summed E-state index contributed by atoms with van der Waals surface area (Å²) in [6.45, 7) is 3.75. The smallest absolute Gasteiger partial charge is 0.375 e. The molecule has 0 aliphatic heterocycles. The molecule has 6 nitrogen and oxygen atoms in total. The molecule has 7 heteroatoms. The van der Waals surface area contributed by atoms with Gasteiger partial charge in [0.05, 0.1) is 25.9 Å². The van der Waals surface area contributed by atoms with Crippen molar-refractivity contribution in [3.63, 3.8) is 0 Å². The summed E-state index contributed by atoms with van der Waals surface area (Å²) in [4.78, 5) is 12.6. The third-order valence-electron chi connectivity index (χ3n) is 3.53. The maximum atomic E-state index is 13.2. The predicted octanol–water partition coefficient (Wildman–Crippen LogP) is 4.82. The van der Waals surface area contributed by atoms with Crippen molar-refractivity contribution in [2.45, 2.75) is 19.7 Å². The Morgan fingerprint density at radius 1 is 0.962 bits per heavy atom. The molecule has 0 heterocycles. The molecule has 0 radical (unpaired) electrons. The highest BCUT2D eigenvalue weighted by Gasteiger charge is 2.40. The van der Waals surface area contributed by atoms with Crippen molar-refractivity contribution in [3.05, 3.63) is 65.7 Å². The molecule has 1 unspecified atom stereocenters. The van der Waals surface area contributed by atoms with E-state index in [1.54, 1.807) is 69.5 Å². The molecule has 0 spiro atoms. The molecule has 2 rings (SSSR count). The van der Waals surface area contributed by atoms with Crippen LogP contribution in [0.3, 0.4) is 0 Å². The Hall–Kier alpha value is -2.14. The van der Waals surface area contributed by atoms with Gasteiger partial charge in [-0.15, -0.1) is 0 Å². The van der Waals surface area contributed by atoms with Crippen LogP contribution in [-0.2, 0) is 18.3 Å². The molecule has 0 bridgehead atoms. The van der Waals surface area contributed by atoms with Gasteiger partial charge in [-0.1, -0.05) is 30.3 Å². The minimum atomic E-state index is -3.71. The zero-order valence-electron chi connectivity index (χ0n) is 15.1. The monoisotopic (exact) mass is 378 g/mol. The zero-order chi connectivity index (χ0) is 19.0. The molecule has 0 saturated carbocycles. The molecule has 2 aromatic rings. The number of hydrogen-bond donors (Lipinski definition) is 0. The molecule has 0 amide bonds. The van der Waals surface area contributed by atoms with E-state index < -0.39 is 19.4 Å². The summed E-state index contributed by atoms with van der Waals surface area (Å²) < 4.78 is 34.7. The first-order valence-electron chi connectivity index (χ1n) is 8.32. The van der Waals surface area contributed by atoms with Gasteiger partial charge in [-0.3, -0.25) is 4.57 Å². The number of esters is 1. The van der Waals surface area contributed by atoms with Gasteiger partial charge < -0.3 is 18.5 Å². The number of hydrogen-bond acceptors (Lipinski definition) is 6. The fourth-order valence-corrected chi connectivity index (χ4v) is 4.19. The topological polar surface area (TPSA) is 71.1 Å². The molecule has 0 aromatic heterocycles. The van der Waals surface area contributed by atoms with Gasteiger partial charge in [0.1, 0.15) is 5.75 Å². The van der Waals surface area contributed by atoms with Crippen molar-refractivity contribution in [2.75, 3.05) is 20.3 Å². The van der Waals surface area contributed by atoms with E-state index in [2.05, 4.69) is 0 Å². The maximum absolute atomic E-state index is 13.2. The SMILES string of the molecule is CCOP(=O)(OCC)C(OC(=O)c1ccc(OC)cc1)c1ccccc1. The highest BCUT2D eigenvalue weighted by atomic mass is 31.2. The number of carbonyl (C=O) groups excluding carboxylic acids is 1. The predicted molar refractivity (Wildman–Crippen MR) is 98.5 cm³/mol. The van der Waals surface area contributed by atoms with Crippen molar-refractivity contribution in [3.8, 4) is 5.75 Å². The summed E-state index contributed by atoms with van der Waals surface area (Å²) in [6, 6.07) is 15.3. The summed E-state index contributed by atoms with van der Waals surface area (Å²) in [5.41, 5.74) is 0.853. The number of carbonyl (C=O) groups is 1. The van der Waals surface area contributed by atoms with E-state index in [0.717, 1.165) is 0 Å². The van der Waals surface area contributed by atoms with Gasteiger partial charge >= 0.3 is 13.6 Å². The molecule has 0 saturated heterocycles. The Morgan fingerprint density at radius 2 is 1.54 bits per heavy atom. The summed E-state index contributed by atoms with van der Waals surface area (Å²) in [7, 11) is -2.17. The molecule has 26 heavy (non-hydrogen) atoms. The van der Waals surface area contributed by atoms with Crippen LogP contribution in [0.2, 0.25) is 0 Å². The largest absolute Gasteiger partial charge is 0.497 e. The number of rotatable bonds is 9. The van der Waals surface area contributed by atoms with Crippen LogP contribution >= 0.6 is 7.60 Å². The van der Waals surface area contributed by atoms with Crippen molar-refractivity contribution >= 4 is 13.6 Å². The molecule has 1 atom stereocenters. The zero-order valence-corrected chi connectivity index (χ0v) is 16.0. The lowest BCUT2D eigenvalue weighted by molar-refractivity contribution is 0.0364. The fraction of sp³-hybridized carbons (Fsp3) is 0.316. The second-order valence-corrected chi connectivity index (χ2v) is 7.34. The molecule has 0 N–H and O–H groups in total. The quantitative estimate of drug-likeness (QED) is 0.460. The Balaban J connectivity index is 2.34. The first-order valence-corrected chi connectivity index (χ1v) is 9.94. The summed E-state index contributed by atoms with van der Waals surface area (Å²) in [5, 5.41) is 0. The highest BCUT2D eigenvalue weighted by molar-refractivity contribution is 7.54. The normalized spacial score (nSPS) is 12.4. The lowest BCUT2D eigenvalue weighted by Gasteiger charge is -2.26. The van der Waals surface area contributed by atoms with Gasteiger partial charge in [0.15, 0.2) is 0 Å². The molecule has 2 aromatic carbocycles. The Bertz CT molecular complexity index is 734. The lowest BCUT2D eigenvalue weighted by atomic mass is 10.2. The number of ether oxygens (including phenoxy) is 2. The van der Waals surface area contributed by atoms with Crippen LogP contribution in [0.25, 0.3) is 0 Å². The van der Waals surface area contributed by atoms with Crippen molar-refractivity contribution in [1.82, 2.24) is 0 Å². The Morgan fingerprint density at radius 3 is 2.04 bits per heavy atom. The van der Waals surface area contributed by atoms with E-state index in [0.29, 0.717) is 16.9 Å². The number of benzene rings is 2. The van der Waals surface area contributed by atoms with E-state index in [-0.39, 0.29) is 13.2 Å². The second kappa shape index (κ2) is 9.53. The third kappa shape index (κ3) is 4.94. The van der Waals surface area contributed by atoms with Gasteiger partial charge in [0, 0.05) is 5.56 Å². The Labute approximate surface area is 153 Å². The van der Waals surface area contributed by atoms with Gasteiger partial charge in [0.2, 0.25) is 5.85 Å². The fourth-order valence-electron chi connectivity index (χ4n) is 2.36. The van der Waals surface area contributed by atoms with Crippen molar-refractivity contribution in [1.29, 1.82) is 0 Å². The average molecular weight is 378 g/mol. The van der Waals surface area contributed by atoms with E-state index in [1.165, 1.54) is 0 Å². The van der Waals surface area contributed by atoms with Gasteiger partial charge in [-0.2, -0.15) is 0 Å². The maximum Gasteiger partial charge on any atom is 0.375 e.